The number of carbonyl (C=O) groups excluding carboxylic acids is 1. The van der Waals surface area contributed by atoms with E-state index in [1.807, 2.05) is 41.2 Å². The van der Waals surface area contributed by atoms with Crippen molar-refractivity contribution in [2.45, 2.75) is 25.3 Å². The lowest BCUT2D eigenvalue weighted by Gasteiger charge is -2.24. The van der Waals surface area contributed by atoms with Crippen molar-refractivity contribution < 1.29 is 9.53 Å². The maximum Gasteiger partial charge on any atom is 0.270 e. The molecule has 1 aliphatic rings. The average Bonchev–Trinajstić information content (AvgIpc) is 3.14. The van der Waals surface area contributed by atoms with Gasteiger partial charge < -0.3 is 10.1 Å². The fraction of sp³-hybridized carbons (Fsp3) is 0.250. The van der Waals surface area contributed by atoms with E-state index in [4.69, 9.17) is 4.74 Å². The number of methoxy groups -OCH3 is 1. The van der Waals surface area contributed by atoms with Crippen LogP contribution in [0.3, 0.4) is 0 Å². The van der Waals surface area contributed by atoms with E-state index in [2.05, 4.69) is 15.4 Å². The minimum atomic E-state index is -0.152. The molecule has 0 radical (unpaired) electrons. The molecule has 6 nitrogen and oxygen atoms in total. The highest BCUT2D eigenvalue weighted by molar-refractivity contribution is 5.92. The van der Waals surface area contributed by atoms with E-state index in [-0.39, 0.29) is 11.9 Å². The molecule has 3 aromatic rings. The van der Waals surface area contributed by atoms with Crippen LogP contribution in [0, 0.1) is 0 Å². The lowest BCUT2D eigenvalue weighted by Crippen LogP contribution is -2.31. The number of pyridine rings is 1. The van der Waals surface area contributed by atoms with Gasteiger partial charge in [0.25, 0.3) is 5.91 Å². The third kappa shape index (κ3) is 3.06. The van der Waals surface area contributed by atoms with Crippen LogP contribution in [0.15, 0.2) is 54.9 Å². The molecular formula is C20H20N4O2. The zero-order valence-corrected chi connectivity index (χ0v) is 14.6. The zero-order valence-electron chi connectivity index (χ0n) is 14.6. The van der Waals surface area contributed by atoms with E-state index in [1.54, 1.807) is 25.4 Å². The molecule has 26 heavy (non-hydrogen) atoms. The van der Waals surface area contributed by atoms with Crippen LogP contribution in [0.1, 0.15) is 40.6 Å². The fourth-order valence-corrected chi connectivity index (χ4v) is 3.38. The number of benzene rings is 1. The number of ether oxygens (including phenoxy) is 1. The summed E-state index contributed by atoms with van der Waals surface area (Å²) in [5, 5.41) is 7.66. The van der Waals surface area contributed by atoms with Crippen LogP contribution in [0.2, 0.25) is 0 Å². The lowest BCUT2D eigenvalue weighted by molar-refractivity contribution is 0.0927. The van der Waals surface area contributed by atoms with Crippen LogP contribution in [0.4, 0.5) is 0 Å². The predicted molar refractivity (Wildman–Crippen MR) is 97.5 cm³/mol. The standard InChI is InChI=1S/C20H20N4O2/c1-26-15-10-8-14(9-11-15)24-19-7-4-6-17(16(19)13-22-24)23-20(25)18-5-2-3-12-21-18/h2-3,5,8-13,17H,4,6-7H2,1H3,(H,23,25)/t17-/m1/s1. The van der Waals surface area contributed by atoms with Gasteiger partial charge in [-0.25, -0.2) is 4.68 Å². The van der Waals surface area contributed by atoms with Crippen molar-refractivity contribution in [2.24, 2.45) is 0 Å². The normalized spacial score (nSPS) is 16.0. The van der Waals surface area contributed by atoms with Gasteiger partial charge >= 0.3 is 0 Å². The number of fused-ring (bicyclic) bond motifs is 1. The Kier molecular flexibility index (Phi) is 4.39. The maximum absolute atomic E-state index is 12.5. The number of carbonyl (C=O) groups is 1. The molecule has 2 aromatic heterocycles. The molecule has 0 unspecified atom stereocenters. The monoisotopic (exact) mass is 348 g/mol. The predicted octanol–water partition coefficient (Wildman–Crippen LogP) is 3.08. The molecule has 0 saturated carbocycles. The molecule has 6 heteroatoms. The Morgan fingerprint density at radius 2 is 2.08 bits per heavy atom. The van der Waals surface area contributed by atoms with Crippen molar-refractivity contribution in [3.63, 3.8) is 0 Å². The summed E-state index contributed by atoms with van der Waals surface area (Å²) < 4.78 is 7.17. The van der Waals surface area contributed by atoms with Gasteiger partial charge in [-0.3, -0.25) is 9.78 Å². The lowest BCUT2D eigenvalue weighted by atomic mass is 9.92. The van der Waals surface area contributed by atoms with Crippen molar-refractivity contribution in [2.75, 3.05) is 7.11 Å². The highest BCUT2D eigenvalue weighted by Gasteiger charge is 2.26. The van der Waals surface area contributed by atoms with E-state index < -0.39 is 0 Å². The van der Waals surface area contributed by atoms with Crippen molar-refractivity contribution in [1.82, 2.24) is 20.1 Å². The van der Waals surface area contributed by atoms with Gasteiger partial charge in [-0.05, 0) is 55.7 Å². The Morgan fingerprint density at radius 3 is 2.81 bits per heavy atom. The van der Waals surface area contributed by atoms with E-state index in [1.165, 1.54) is 0 Å². The van der Waals surface area contributed by atoms with Crippen LogP contribution >= 0.6 is 0 Å². The Labute approximate surface area is 151 Å². The van der Waals surface area contributed by atoms with Gasteiger partial charge in [0.05, 0.1) is 25.0 Å². The number of aromatic nitrogens is 3. The number of nitrogens with one attached hydrogen (secondary N) is 1. The maximum atomic E-state index is 12.5. The number of hydrogen-bond acceptors (Lipinski definition) is 4. The third-order valence-electron chi connectivity index (χ3n) is 4.70. The summed E-state index contributed by atoms with van der Waals surface area (Å²) in [6.45, 7) is 0. The molecule has 1 amide bonds. The second kappa shape index (κ2) is 7.00. The smallest absolute Gasteiger partial charge is 0.270 e. The second-order valence-corrected chi connectivity index (χ2v) is 6.29. The Balaban J connectivity index is 1.59. The molecule has 0 bridgehead atoms. The first kappa shape index (κ1) is 16.3. The summed E-state index contributed by atoms with van der Waals surface area (Å²) in [5.74, 6) is 0.663. The van der Waals surface area contributed by atoms with Gasteiger partial charge in [0.2, 0.25) is 0 Å². The summed E-state index contributed by atoms with van der Waals surface area (Å²) in [4.78, 5) is 16.6. The van der Waals surface area contributed by atoms with E-state index in [9.17, 15) is 4.79 Å². The fourth-order valence-electron chi connectivity index (χ4n) is 3.38. The van der Waals surface area contributed by atoms with Crippen molar-refractivity contribution in [3.8, 4) is 11.4 Å². The molecule has 0 aliphatic heterocycles. The van der Waals surface area contributed by atoms with Crippen molar-refractivity contribution in [1.29, 1.82) is 0 Å². The average molecular weight is 348 g/mol. The van der Waals surface area contributed by atoms with Crippen LogP contribution in [0.5, 0.6) is 5.75 Å². The molecule has 0 fully saturated rings. The van der Waals surface area contributed by atoms with Gasteiger partial charge in [-0.1, -0.05) is 6.07 Å². The molecule has 1 aliphatic carbocycles. The van der Waals surface area contributed by atoms with Crippen LogP contribution in [0.25, 0.3) is 5.69 Å². The molecular weight excluding hydrogens is 328 g/mol. The van der Waals surface area contributed by atoms with Gasteiger partial charge in [0, 0.05) is 17.5 Å². The summed E-state index contributed by atoms with van der Waals surface area (Å²) in [5.41, 5.74) is 3.65. The number of nitrogens with zero attached hydrogens (tertiary/aromatic N) is 3. The molecule has 1 N–H and O–H groups in total. The Hall–Kier alpha value is -3.15. The molecule has 2 heterocycles. The number of rotatable bonds is 4. The van der Waals surface area contributed by atoms with E-state index in [0.29, 0.717) is 5.69 Å². The molecule has 1 atom stereocenters. The molecule has 0 spiro atoms. The van der Waals surface area contributed by atoms with Crippen LogP contribution in [-0.4, -0.2) is 27.8 Å². The highest BCUT2D eigenvalue weighted by atomic mass is 16.5. The minimum Gasteiger partial charge on any atom is -0.497 e. The zero-order chi connectivity index (χ0) is 17.9. The minimum absolute atomic E-state index is 0.0414. The quantitative estimate of drug-likeness (QED) is 0.787. The Morgan fingerprint density at radius 1 is 1.23 bits per heavy atom. The molecule has 1 aromatic carbocycles. The van der Waals surface area contributed by atoms with Gasteiger partial charge in [0.15, 0.2) is 0 Å². The van der Waals surface area contributed by atoms with Gasteiger partial charge in [-0.2, -0.15) is 5.10 Å². The van der Waals surface area contributed by atoms with Crippen molar-refractivity contribution >= 4 is 5.91 Å². The van der Waals surface area contributed by atoms with Crippen LogP contribution in [-0.2, 0) is 6.42 Å². The summed E-state index contributed by atoms with van der Waals surface area (Å²) >= 11 is 0. The van der Waals surface area contributed by atoms with Crippen LogP contribution < -0.4 is 10.1 Å². The Bertz CT molecular complexity index is 903. The van der Waals surface area contributed by atoms with Gasteiger partial charge in [0.1, 0.15) is 11.4 Å². The summed E-state index contributed by atoms with van der Waals surface area (Å²) in [7, 11) is 1.65. The third-order valence-corrected chi connectivity index (χ3v) is 4.70. The molecule has 0 saturated heterocycles. The molecule has 132 valence electrons. The van der Waals surface area contributed by atoms with Gasteiger partial charge in [-0.15, -0.1) is 0 Å². The topological polar surface area (TPSA) is 69.0 Å². The first-order chi connectivity index (χ1) is 12.8. The SMILES string of the molecule is COc1ccc(-n2ncc3c2CCC[C@H]3NC(=O)c2ccccn2)cc1. The van der Waals surface area contributed by atoms with Crippen molar-refractivity contribution in [3.05, 3.63) is 71.8 Å². The highest BCUT2D eigenvalue weighted by Crippen LogP contribution is 2.31. The summed E-state index contributed by atoms with van der Waals surface area (Å²) in [6.07, 6.45) is 6.34. The first-order valence-corrected chi connectivity index (χ1v) is 8.69. The number of hydrogen-bond donors (Lipinski definition) is 1. The largest absolute Gasteiger partial charge is 0.497 e. The number of amides is 1. The van der Waals surface area contributed by atoms with E-state index >= 15 is 0 Å². The second-order valence-electron chi connectivity index (χ2n) is 6.29. The van der Waals surface area contributed by atoms with E-state index in [0.717, 1.165) is 42.0 Å². The summed E-state index contributed by atoms with van der Waals surface area (Å²) in [6, 6.07) is 13.1. The first-order valence-electron chi connectivity index (χ1n) is 8.69. The molecule has 4 rings (SSSR count).